The molecule has 2 aromatic carbocycles. The number of hydrogen-bond acceptors (Lipinski definition) is 6. The molecule has 0 saturated carbocycles. The number of anilines is 2. The molecule has 1 aromatic heterocycles. The van der Waals surface area contributed by atoms with E-state index >= 15 is 0 Å². The van der Waals surface area contributed by atoms with E-state index in [2.05, 4.69) is 14.9 Å². The summed E-state index contributed by atoms with van der Waals surface area (Å²) in [7, 11) is 2.00. The van der Waals surface area contributed by atoms with E-state index < -0.39 is 0 Å². The minimum atomic E-state index is -0.146. The molecule has 0 aliphatic heterocycles. The van der Waals surface area contributed by atoms with E-state index in [1.807, 2.05) is 69.4 Å². The van der Waals surface area contributed by atoms with Crippen LogP contribution in [0.15, 0.2) is 48.5 Å². The summed E-state index contributed by atoms with van der Waals surface area (Å²) in [5.74, 6) is 2.28. The van der Waals surface area contributed by atoms with E-state index in [-0.39, 0.29) is 5.97 Å². The van der Waals surface area contributed by atoms with Crippen LogP contribution in [-0.2, 0) is 9.53 Å². The Labute approximate surface area is 171 Å². The summed E-state index contributed by atoms with van der Waals surface area (Å²) in [4.78, 5) is 22.5. The minimum Gasteiger partial charge on any atom is -0.494 e. The first kappa shape index (κ1) is 20.6. The molecule has 29 heavy (non-hydrogen) atoms. The van der Waals surface area contributed by atoms with Gasteiger partial charge in [-0.2, -0.15) is 0 Å². The molecule has 6 heteroatoms. The fourth-order valence-electron chi connectivity index (χ4n) is 3.11. The van der Waals surface area contributed by atoms with Crippen LogP contribution in [-0.4, -0.2) is 36.2 Å². The average molecular weight is 393 g/mol. The summed E-state index contributed by atoms with van der Waals surface area (Å²) in [6, 6.07) is 15.9. The standard InChI is InChI=1S/C23H27N3O3/c1-4-28-22(27)11-7-8-16-29-19-14-12-18(13-15-19)26(3)23-20-9-5-6-10-21(20)24-17(2)25-23/h5-6,9-10,12-15H,4,7-8,11,16H2,1-3H3. The second-order valence-electron chi connectivity index (χ2n) is 6.78. The SMILES string of the molecule is CCOC(=O)CCCCOc1ccc(N(C)c2nc(C)nc3ccccc23)cc1. The first-order valence-corrected chi connectivity index (χ1v) is 9.94. The van der Waals surface area contributed by atoms with Gasteiger partial charge in [-0.05, 0) is 63.1 Å². The number of aromatic nitrogens is 2. The minimum absolute atomic E-state index is 0.146. The van der Waals surface area contributed by atoms with Gasteiger partial charge in [-0.3, -0.25) is 4.79 Å². The fourth-order valence-corrected chi connectivity index (χ4v) is 3.11. The van der Waals surface area contributed by atoms with E-state index in [1.54, 1.807) is 0 Å². The van der Waals surface area contributed by atoms with E-state index in [0.717, 1.165) is 46.8 Å². The third kappa shape index (κ3) is 5.44. The number of carbonyl (C=O) groups is 1. The number of carbonyl (C=O) groups excluding carboxylic acids is 1. The van der Waals surface area contributed by atoms with Crippen molar-refractivity contribution in [2.24, 2.45) is 0 Å². The van der Waals surface area contributed by atoms with Crippen LogP contribution in [0.5, 0.6) is 5.75 Å². The Kier molecular flexibility index (Phi) is 7.00. The Morgan fingerprint density at radius 1 is 1.03 bits per heavy atom. The second-order valence-corrected chi connectivity index (χ2v) is 6.78. The van der Waals surface area contributed by atoms with Crippen LogP contribution in [0.25, 0.3) is 10.9 Å². The molecule has 0 saturated heterocycles. The smallest absolute Gasteiger partial charge is 0.305 e. The lowest BCUT2D eigenvalue weighted by atomic mass is 10.2. The van der Waals surface area contributed by atoms with Crippen molar-refractivity contribution in [2.45, 2.75) is 33.1 Å². The zero-order chi connectivity index (χ0) is 20.6. The van der Waals surface area contributed by atoms with Gasteiger partial charge in [0.15, 0.2) is 0 Å². The Bertz CT molecular complexity index is 957. The van der Waals surface area contributed by atoms with Crippen molar-refractivity contribution in [3.05, 3.63) is 54.4 Å². The quantitative estimate of drug-likeness (QED) is 0.384. The van der Waals surface area contributed by atoms with Gasteiger partial charge in [-0.15, -0.1) is 0 Å². The van der Waals surface area contributed by atoms with Gasteiger partial charge in [-0.25, -0.2) is 9.97 Å². The van der Waals surface area contributed by atoms with Gasteiger partial charge >= 0.3 is 5.97 Å². The first-order valence-electron chi connectivity index (χ1n) is 9.94. The maximum Gasteiger partial charge on any atom is 0.305 e. The van der Waals surface area contributed by atoms with Gasteiger partial charge in [0.25, 0.3) is 0 Å². The lowest BCUT2D eigenvalue weighted by Gasteiger charge is -2.20. The number of nitrogens with zero attached hydrogens (tertiary/aromatic N) is 3. The highest BCUT2D eigenvalue weighted by Gasteiger charge is 2.12. The summed E-state index contributed by atoms with van der Waals surface area (Å²) in [6.07, 6.45) is 2.01. The molecule has 6 nitrogen and oxygen atoms in total. The average Bonchev–Trinajstić information content (AvgIpc) is 2.73. The van der Waals surface area contributed by atoms with Gasteiger partial charge in [0.2, 0.25) is 0 Å². The Morgan fingerprint density at radius 2 is 1.79 bits per heavy atom. The molecule has 0 amide bonds. The molecule has 0 N–H and O–H groups in total. The van der Waals surface area contributed by atoms with Crippen LogP contribution in [0, 0.1) is 6.92 Å². The van der Waals surface area contributed by atoms with Crippen LogP contribution in [0.4, 0.5) is 11.5 Å². The molecule has 152 valence electrons. The molecule has 0 spiro atoms. The van der Waals surface area contributed by atoms with Crippen LogP contribution in [0.1, 0.15) is 32.0 Å². The predicted octanol–water partition coefficient (Wildman–Crippen LogP) is 4.82. The van der Waals surface area contributed by atoms with E-state index in [4.69, 9.17) is 9.47 Å². The molecular weight excluding hydrogens is 366 g/mol. The van der Waals surface area contributed by atoms with Crippen LogP contribution in [0.3, 0.4) is 0 Å². The number of esters is 1. The maximum absolute atomic E-state index is 11.3. The summed E-state index contributed by atoms with van der Waals surface area (Å²) in [5, 5.41) is 1.02. The van der Waals surface area contributed by atoms with Crippen molar-refractivity contribution >= 4 is 28.4 Å². The lowest BCUT2D eigenvalue weighted by molar-refractivity contribution is -0.143. The summed E-state index contributed by atoms with van der Waals surface area (Å²) in [5.41, 5.74) is 1.95. The largest absolute Gasteiger partial charge is 0.494 e. The van der Waals surface area contributed by atoms with Crippen molar-refractivity contribution in [2.75, 3.05) is 25.2 Å². The van der Waals surface area contributed by atoms with Crippen LogP contribution < -0.4 is 9.64 Å². The highest BCUT2D eigenvalue weighted by Crippen LogP contribution is 2.29. The highest BCUT2D eigenvalue weighted by molar-refractivity contribution is 5.91. The number of benzene rings is 2. The molecule has 0 aliphatic rings. The topological polar surface area (TPSA) is 64.6 Å². The van der Waals surface area contributed by atoms with Gasteiger partial charge in [0, 0.05) is 24.5 Å². The number of aryl methyl sites for hydroxylation is 1. The first-order chi connectivity index (χ1) is 14.1. The zero-order valence-corrected chi connectivity index (χ0v) is 17.2. The molecule has 0 unspecified atom stereocenters. The molecule has 3 rings (SSSR count). The predicted molar refractivity (Wildman–Crippen MR) is 115 cm³/mol. The van der Waals surface area contributed by atoms with Crippen LogP contribution >= 0.6 is 0 Å². The highest BCUT2D eigenvalue weighted by atomic mass is 16.5. The summed E-state index contributed by atoms with van der Waals surface area (Å²) < 4.78 is 10.7. The Balaban J connectivity index is 1.60. The van der Waals surface area contributed by atoms with Gasteiger partial charge in [-0.1, -0.05) is 12.1 Å². The molecule has 0 radical (unpaired) electrons. The number of hydrogen-bond donors (Lipinski definition) is 0. The second kappa shape index (κ2) is 9.87. The molecule has 0 fully saturated rings. The van der Waals surface area contributed by atoms with Crippen molar-refractivity contribution in [1.82, 2.24) is 9.97 Å². The van der Waals surface area contributed by atoms with Gasteiger partial charge in [0.05, 0.1) is 18.7 Å². The number of ether oxygens (including phenoxy) is 2. The fraction of sp³-hybridized carbons (Fsp3) is 0.348. The zero-order valence-electron chi connectivity index (χ0n) is 17.2. The van der Waals surface area contributed by atoms with E-state index in [9.17, 15) is 4.79 Å². The molecule has 0 atom stereocenters. The molecule has 3 aromatic rings. The molecular formula is C23H27N3O3. The van der Waals surface area contributed by atoms with Gasteiger partial charge in [0.1, 0.15) is 17.4 Å². The maximum atomic E-state index is 11.3. The van der Waals surface area contributed by atoms with E-state index in [1.165, 1.54) is 0 Å². The van der Waals surface area contributed by atoms with Crippen molar-refractivity contribution < 1.29 is 14.3 Å². The van der Waals surface area contributed by atoms with Crippen molar-refractivity contribution in [3.63, 3.8) is 0 Å². The summed E-state index contributed by atoms with van der Waals surface area (Å²) in [6.45, 7) is 4.73. The van der Waals surface area contributed by atoms with Crippen molar-refractivity contribution in [3.8, 4) is 5.75 Å². The third-order valence-electron chi connectivity index (χ3n) is 4.59. The van der Waals surface area contributed by atoms with E-state index in [0.29, 0.717) is 19.6 Å². The molecule has 0 aliphatic carbocycles. The van der Waals surface area contributed by atoms with Crippen LogP contribution in [0.2, 0.25) is 0 Å². The Hall–Kier alpha value is -3.15. The number of para-hydroxylation sites is 1. The normalized spacial score (nSPS) is 10.7. The molecule has 0 bridgehead atoms. The van der Waals surface area contributed by atoms with Gasteiger partial charge < -0.3 is 14.4 Å². The lowest BCUT2D eigenvalue weighted by Crippen LogP contribution is -2.13. The number of rotatable bonds is 9. The molecule has 1 heterocycles. The number of unbranched alkanes of at least 4 members (excludes halogenated alkanes) is 1. The van der Waals surface area contributed by atoms with Crippen molar-refractivity contribution in [1.29, 1.82) is 0 Å². The number of fused-ring (bicyclic) bond motifs is 1. The third-order valence-corrected chi connectivity index (χ3v) is 4.59. The Morgan fingerprint density at radius 3 is 2.55 bits per heavy atom. The summed E-state index contributed by atoms with van der Waals surface area (Å²) >= 11 is 0. The monoisotopic (exact) mass is 393 g/mol.